The van der Waals surface area contributed by atoms with Gasteiger partial charge in [0.15, 0.2) is 11.6 Å². The molecule has 0 bridgehead atoms. The van der Waals surface area contributed by atoms with Crippen molar-refractivity contribution < 1.29 is 14.6 Å². The minimum atomic E-state index is -0.553. The molecule has 2 heterocycles. The number of nitrogens with two attached hydrogens (primary N) is 1. The maximum atomic E-state index is 11.4. The van der Waals surface area contributed by atoms with Gasteiger partial charge in [0.05, 0.1) is 19.2 Å². The fourth-order valence-electron chi connectivity index (χ4n) is 1.57. The third-order valence-electron chi connectivity index (χ3n) is 2.27. The van der Waals surface area contributed by atoms with Crippen molar-refractivity contribution in [1.29, 1.82) is 0 Å². The Labute approximate surface area is 91.3 Å². The lowest BCUT2D eigenvalue weighted by molar-refractivity contribution is 0.0597. The Morgan fingerprint density at radius 3 is 3.00 bits per heavy atom. The van der Waals surface area contributed by atoms with E-state index in [9.17, 15) is 9.90 Å². The van der Waals surface area contributed by atoms with Gasteiger partial charge in [0, 0.05) is 0 Å². The Bertz CT molecular complexity index is 547. The lowest BCUT2D eigenvalue weighted by Gasteiger charge is -2.00. The van der Waals surface area contributed by atoms with Crippen LogP contribution in [0.4, 0.5) is 0 Å². The number of aromatic nitrogens is 2. The summed E-state index contributed by atoms with van der Waals surface area (Å²) in [6.07, 6.45) is 0. The van der Waals surface area contributed by atoms with Crippen molar-refractivity contribution in [3.05, 3.63) is 29.7 Å². The SMILES string of the molecule is COC(=O)c1nc(CN)n2c(O)cccc12. The Balaban J connectivity index is 2.78. The molecule has 0 saturated carbocycles. The minimum absolute atomic E-state index is 0.0133. The topological polar surface area (TPSA) is 89.8 Å². The molecule has 16 heavy (non-hydrogen) atoms. The first-order valence-electron chi connectivity index (χ1n) is 4.66. The predicted molar refractivity (Wildman–Crippen MR) is 56.1 cm³/mol. The van der Waals surface area contributed by atoms with E-state index in [0.29, 0.717) is 11.3 Å². The van der Waals surface area contributed by atoms with Crippen LogP contribution in [-0.4, -0.2) is 27.6 Å². The number of hydrogen-bond donors (Lipinski definition) is 2. The second kappa shape index (κ2) is 3.82. The second-order valence-corrected chi connectivity index (χ2v) is 3.18. The van der Waals surface area contributed by atoms with Crippen LogP contribution in [-0.2, 0) is 11.3 Å². The number of ether oxygens (including phenoxy) is 1. The molecule has 3 N–H and O–H groups in total. The molecule has 0 atom stereocenters. The van der Waals surface area contributed by atoms with Crippen molar-refractivity contribution in [2.45, 2.75) is 6.54 Å². The van der Waals surface area contributed by atoms with Gasteiger partial charge < -0.3 is 15.6 Å². The van der Waals surface area contributed by atoms with Crippen LogP contribution in [0.5, 0.6) is 5.88 Å². The highest BCUT2D eigenvalue weighted by atomic mass is 16.5. The number of nitrogens with zero attached hydrogens (tertiary/aromatic N) is 2. The maximum Gasteiger partial charge on any atom is 0.358 e. The number of imidazole rings is 1. The van der Waals surface area contributed by atoms with Crippen LogP contribution in [0.1, 0.15) is 16.3 Å². The normalized spacial score (nSPS) is 10.6. The van der Waals surface area contributed by atoms with E-state index in [-0.39, 0.29) is 18.1 Å². The molecule has 0 aliphatic carbocycles. The van der Waals surface area contributed by atoms with E-state index in [4.69, 9.17) is 5.73 Å². The fraction of sp³-hybridized carbons (Fsp3) is 0.200. The summed E-state index contributed by atoms with van der Waals surface area (Å²) in [4.78, 5) is 15.5. The highest BCUT2D eigenvalue weighted by Gasteiger charge is 2.18. The summed E-state index contributed by atoms with van der Waals surface area (Å²) in [6.45, 7) is 0.121. The summed E-state index contributed by atoms with van der Waals surface area (Å²) in [5.41, 5.74) is 6.12. The lowest BCUT2D eigenvalue weighted by atomic mass is 10.3. The van der Waals surface area contributed by atoms with Crippen LogP contribution in [0.25, 0.3) is 5.52 Å². The number of pyridine rings is 1. The Morgan fingerprint density at radius 1 is 1.62 bits per heavy atom. The standard InChI is InChI=1S/C10H11N3O3/c1-16-10(15)9-6-3-2-4-8(14)13(6)7(5-11)12-9/h2-4,14H,5,11H2,1H3. The molecule has 6 nitrogen and oxygen atoms in total. The zero-order valence-electron chi connectivity index (χ0n) is 8.67. The average molecular weight is 221 g/mol. The van der Waals surface area contributed by atoms with Gasteiger partial charge in [0.25, 0.3) is 0 Å². The Hall–Kier alpha value is -2.08. The Kier molecular flexibility index (Phi) is 2.49. The van der Waals surface area contributed by atoms with E-state index in [1.165, 1.54) is 17.6 Å². The minimum Gasteiger partial charge on any atom is -0.494 e. The van der Waals surface area contributed by atoms with Crippen molar-refractivity contribution in [2.24, 2.45) is 5.73 Å². The molecule has 0 unspecified atom stereocenters. The molecule has 0 saturated heterocycles. The molecular formula is C10H11N3O3. The molecule has 0 amide bonds. The molecular weight excluding hydrogens is 210 g/mol. The van der Waals surface area contributed by atoms with Gasteiger partial charge >= 0.3 is 5.97 Å². The van der Waals surface area contributed by atoms with Gasteiger partial charge in [-0.2, -0.15) is 0 Å². The van der Waals surface area contributed by atoms with Gasteiger partial charge in [0.2, 0.25) is 0 Å². The summed E-state index contributed by atoms with van der Waals surface area (Å²) >= 11 is 0. The van der Waals surface area contributed by atoms with Crippen molar-refractivity contribution >= 4 is 11.5 Å². The van der Waals surface area contributed by atoms with Gasteiger partial charge in [-0.05, 0) is 12.1 Å². The molecule has 2 rings (SSSR count). The smallest absolute Gasteiger partial charge is 0.358 e. The zero-order valence-corrected chi connectivity index (χ0v) is 8.67. The number of hydrogen-bond acceptors (Lipinski definition) is 5. The van der Waals surface area contributed by atoms with E-state index in [0.717, 1.165) is 0 Å². The molecule has 2 aromatic rings. The largest absolute Gasteiger partial charge is 0.494 e. The van der Waals surface area contributed by atoms with Gasteiger partial charge in [0.1, 0.15) is 5.82 Å². The number of fused-ring (bicyclic) bond motifs is 1. The first-order valence-corrected chi connectivity index (χ1v) is 4.66. The van der Waals surface area contributed by atoms with Crippen molar-refractivity contribution in [1.82, 2.24) is 9.38 Å². The van der Waals surface area contributed by atoms with E-state index < -0.39 is 5.97 Å². The first-order chi connectivity index (χ1) is 7.69. The van der Waals surface area contributed by atoms with Crippen LogP contribution in [0.2, 0.25) is 0 Å². The molecule has 0 fully saturated rings. The van der Waals surface area contributed by atoms with E-state index in [2.05, 4.69) is 9.72 Å². The van der Waals surface area contributed by atoms with E-state index in [1.54, 1.807) is 12.1 Å². The molecule has 0 aliphatic heterocycles. The Morgan fingerprint density at radius 2 is 2.38 bits per heavy atom. The zero-order chi connectivity index (χ0) is 11.7. The van der Waals surface area contributed by atoms with Gasteiger partial charge in [-0.3, -0.25) is 4.40 Å². The van der Waals surface area contributed by atoms with Crippen LogP contribution < -0.4 is 5.73 Å². The third-order valence-corrected chi connectivity index (χ3v) is 2.27. The molecule has 2 aromatic heterocycles. The van der Waals surface area contributed by atoms with Crippen LogP contribution in [0, 0.1) is 0 Å². The third kappa shape index (κ3) is 1.40. The van der Waals surface area contributed by atoms with Gasteiger partial charge in [-0.1, -0.05) is 6.07 Å². The summed E-state index contributed by atoms with van der Waals surface area (Å²) in [5, 5.41) is 9.67. The molecule has 0 aromatic carbocycles. The van der Waals surface area contributed by atoms with E-state index >= 15 is 0 Å². The molecule has 6 heteroatoms. The maximum absolute atomic E-state index is 11.4. The lowest BCUT2D eigenvalue weighted by Crippen LogP contribution is -2.03. The molecule has 0 radical (unpaired) electrons. The number of carbonyl (C=O) groups is 1. The highest BCUT2D eigenvalue weighted by Crippen LogP contribution is 2.20. The monoisotopic (exact) mass is 221 g/mol. The van der Waals surface area contributed by atoms with E-state index in [1.807, 2.05) is 0 Å². The molecule has 84 valence electrons. The number of rotatable bonds is 2. The van der Waals surface area contributed by atoms with Crippen LogP contribution in [0.15, 0.2) is 18.2 Å². The molecule has 0 spiro atoms. The number of esters is 1. The summed E-state index contributed by atoms with van der Waals surface area (Å²) in [6, 6.07) is 4.78. The number of methoxy groups -OCH3 is 1. The van der Waals surface area contributed by atoms with Crippen molar-refractivity contribution in [2.75, 3.05) is 7.11 Å². The predicted octanol–water partition coefficient (Wildman–Crippen LogP) is 0.285. The summed E-state index contributed by atoms with van der Waals surface area (Å²) < 4.78 is 6.03. The highest BCUT2D eigenvalue weighted by molar-refractivity contribution is 5.95. The second-order valence-electron chi connectivity index (χ2n) is 3.18. The first kappa shape index (κ1) is 10.4. The number of aromatic hydroxyl groups is 1. The summed E-state index contributed by atoms with van der Waals surface area (Å²) in [7, 11) is 1.28. The fourth-order valence-corrected chi connectivity index (χ4v) is 1.57. The van der Waals surface area contributed by atoms with Crippen LogP contribution in [0.3, 0.4) is 0 Å². The number of carbonyl (C=O) groups excluding carboxylic acids is 1. The molecule has 0 aliphatic rings. The van der Waals surface area contributed by atoms with Gasteiger partial charge in [-0.15, -0.1) is 0 Å². The quantitative estimate of drug-likeness (QED) is 0.711. The average Bonchev–Trinajstić information content (AvgIpc) is 2.68. The van der Waals surface area contributed by atoms with Crippen molar-refractivity contribution in [3.8, 4) is 5.88 Å². The van der Waals surface area contributed by atoms with Crippen molar-refractivity contribution in [3.63, 3.8) is 0 Å². The van der Waals surface area contributed by atoms with Crippen LogP contribution >= 0.6 is 0 Å². The summed E-state index contributed by atoms with van der Waals surface area (Å²) in [5.74, 6) is -0.156. The van der Waals surface area contributed by atoms with Gasteiger partial charge in [-0.25, -0.2) is 9.78 Å².